The summed E-state index contributed by atoms with van der Waals surface area (Å²) in [4.78, 5) is 25.6. The second-order valence-corrected chi connectivity index (χ2v) is 4.17. The second kappa shape index (κ2) is 7.74. The Morgan fingerprint density at radius 1 is 1.10 bits per heavy atom. The van der Waals surface area contributed by atoms with Crippen LogP contribution in [0.25, 0.3) is 0 Å². The highest BCUT2D eigenvalue weighted by molar-refractivity contribution is 5.89. The Bertz CT molecular complexity index is 567. The molecule has 0 aliphatic carbocycles. The Labute approximate surface area is 122 Å². The van der Waals surface area contributed by atoms with Gasteiger partial charge in [-0.05, 0) is 24.3 Å². The first kappa shape index (κ1) is 14.6. The molecule has 110 valence electrons. The summed E-state index contributed by atoms with van der Waals surface area (Å²) in [5.74, 6) is -0.188. The van der Waals surface area contributed by atoms with Gasteiger partial charge < -0.3 is 19.8 Å². The number of carbonyl (C=O) groups is 2. The van der Waals surface area contributed by atoms with E-state index in [1.54, 1.807) is 18.3 Å². The summed E-state index contributed by atoms with van der Waals surface area (Å²) < 4.78 is 10.3. The minimum atomic E-state index is -0.560. The van der Waals surface area contributed by atoms with Gasteiger partial charge in [-0.15, -0.1) is 0 Å². The lowest BCUT2D eigenvalue weighted by Gasteiger charge is -2.08. The van der Waals surface area contributed by atoms with Gasteiger partial charge in [0.15, 0.2) is 6.61 Å². The van der Waals surface area contributed by atoms with E-state index in [0.29, 0.717) is 18.8 Å². The van der Waals surface area contributed by atoms with E-state index in [-0.39, 0.29) is 12.5 Å². The molecule has 0 fully saturated rings. The Morgan fingerprint density at radius 3 is 2.62 bits per heavy atom. The summed E-state index contributed by atoms with van der Waals surface area (Å²) in [5, 5.41) is 2.60. The molecule has 2 rings (SSSR count). The number of amides is 1. The van der Waals surface area contributed by atoms with Gasteiger partial charge in [0.1, 0.15) is 18.1 Å². The van der Waals surface area contributed by atoms with E-state index in [2.05, 4.69) is 10.3 Å². The van der Waals surface area contributed by atoms with Crippen LogP contribution in [0.1, 0.15) is 10.5 Å². The highest BCUT2D eigenvalue weighted by atomic mass is 16.5. The van der Waals surface area contributed by atoms with Gasteiger partial charge in [0.2, 0.25) is 0 Å². The Balaban J connectivity index is 1.59. The van der Waals surface area contributed by atoms with Gasteiger partial charge in [-0.2, -0.15) is 0 Å². The number of rotatable bonds is 7. The van der Waals surface area contributed by atoms with Gasteiger partial charge in [0, 0.05) is 6.20 Å². The van der Waals surface area contributed by atoms with E-state index in [9.17, 15) is 9.59 Å². The van der Waals surface area contributed by atoms with Gasteiger partial charge in [0.25, 0.3) is 5.91 Å². The maximum Gasteiger partial charge on any atom is 0.355 e. The number of esters is 1. The molecule has 6 heteroatoms. The molecule has 0 atom stereocenters. The van der Waals surface area contributed by atoms with E-state index in [0.717, 1.165) is 5.75 Å². The van der Waals surface area contributed by atoms with E-state index in [1.807, 2.05) is 30.3 Å². The normalized spacial score (nSPS) is 9.90. The van der Waals surface area contributed by atoms with Crippen molar-refractivity contribution in [3.05, 3.63) is 54.4 Å². The number of hydrogen-bond acceptors (Lipinski definition) is 4. The first-order valence-electron chi connectivity index (χ1n) is 6.51. The summed E-state index contributed by atoms with van der Waals surface area (Å²) in [6.07, 6.45) is 1.61. The van der Waals surface area contributed by atoms with E-state index >= 15 is 0 Å². The highest BCUT2D eigenvalue weighted by Gasteiger charge is 2.10. The molecule has 21 heavy (non-hydrogen) atoms. The van der Waals surface area contributed by atoms with Crippen molar-refractivity contribution in [1.82, 2.24) is 10.3 Å². The molecule has 2 aromatic rings. The van der Waals surface area contributed by atoms with Gasteiger partial charge in [-0.25, -0.2) is 4.79 Å². The van der Waals surface area contributed by atoms with Crippen LogP contribution >= 0.6 is 0 Å². The number of benzene rings is 1. The topological polar surface area (TPSA) is 80.4 Å². The first-order valence-corrected chi connectivity index (χ1v) is 6.51. The quantitative estimate of drug-likeness (QED) is 0.595. The van der Waals surface area contributed by atoms with Gasteiger partial charge in [0.05, 0.1) is 6.54 Å². The molecule has 0 unspecified atom stereocenters. The third kappa shape index (κ3) is 5.02. The fraction of sp³-hybridized carbons (Fsp3) is 0.200. The third-order valence-electron chi connectivity index (χ3n) is 2.59. The minimum Gasteiger partial charge on any atom is -0.492 e. The van der Waals surface area contributed by atoms with Crippen molar-refractivity contribution in [2.24, 2.45) is 0 Å². The molecule has 1 heterocycles. The average Bonchev–Trinajstić information content (AvgIpc) is 3.05. The molecule has 0 bridgehead atoms. The van der Waals surface area contributed by atoms with Crippen LogP contribution in [0.4, 0.5) is 0 Å². The van der Waals surface area contributed by atoms with Crippen molar-refractivity contribution >= 4 is 11.9 Å². The van der Waals surface area contributed by atoms with Crippen molar-refractivity contribution in [3.8, 4) is 5.75 Å². The molecule has 0 spiro atoms. The summed E-state index contributed by atoms with van der Waals surface area (Å²) >= 11 is 0. The predicted octanol–water partition coefficient (Wildman–Crippen LogP) is 1.37. The molecule has 1 aromatic heterocycles. The van der Waals surface area contributed by atoms with Crippen molar-refractivity contribution in [3.63, 3.8) is 0 Å². The van der Waals surface area contributed by atoms with E-state index in [1.165, 1.54) is 0 Å². The number of ether oxygens (including phenoxy) is 2. The fourth-order valence-electron chi connectivity index (χ4n) is 1.59. The highest BCUT2D eigenvalue weighted by Crippen LogP contribution is 2.07. The van der Waals surface area contributed by atoms with E-state index < -0.39 is 5.97 Å². The van der Waals surface area contributed by atoms with Gasteiger partial charge in [-0.3, -0.25) is 4.79 Å². The number of H-pyrrole nitrogens is 1. The number of carbonyl (C=O) groups excluding carboxylic acids is 2. The van der Waals surface area contributed by atoms with Crippen LogP contribution in [0.3, 0.4) is 0 Å². The number of aromatic amines is 1. The predicted molar refractivity (Wildman–Crippen MR) is 76.0 cm³/mol. The average molecular weight is 288 g/mol. The SMILES string of the molecule is O=C(COC(=O)c1ccc[nH]1)NCCOc1ccccc1. The van der Waals surface area contributed by atoms with Crippen LogP contribution < -0.4 is 10.1 Å². The summed E-state index contributed by atoms with van der Waals surface area (Å²) in [6, 6.07) is 12.6. The third-order valence-corrected chi connectivity index (χ3v) is 2.59. The molecule has 1 amide bonds. The van der Waals surface area contributed by atoms with E-state index in [4.69, 9.17) is 9.47 Å². The zero-order chi connectivity index (χ0) is 14.9. The standard InChI is InChI=1S/C15H16N2O4/c18-14(11-21-15(19)13-7-4-8-16-13)17-9-10-20-12-5-2-1-3-6-12/h1-8,16H,9-11H2,(H,17,18). The molecule has 2 N–H and O–H groups in total. The molecule has 0 saturated carbocycles. The maximum absolute atomic E-state index is 11.5. The Kier molecular flexibility index (Phi) is 5.40. The number of para-hydroxylation sites is 1. The summed E-state index contributed by atoms with van der Waals surface area (Å²) in [7, 11) is 0. The minimum absolute atomic E-state index is 0.315. The number of aromatic nitrogens is 1. The molecule has 0 saturated heterocycles. The first-order chi connectivity index (χ1) is 10.3. The van der Waals surface area contributed by atoms with Gasteiger partial charge >= 0.3 is 5.97 Å². The lowest BCUT2D eigenvalue weighted by molar-refractivity contribution is -0.124. The van der Waals surface area contributed by atoms with Crippen LogP contribution in [-0.4, -0.2) is 36.6 Å². The molecular formula is C15H16N2O4. The molecule has 6 nitrogen and oxygen atoms in total. The zero-order valence-corrected chi connectivity index (χ0v) is 11.4. The molecular weight excluding hydrogens is 272 g/mol. The Hall–Kier alpha value is -2.76. The lowest BCUT2D eigenvalue weighted by Crippen LogP contribution is -2.32. The van der Waals surface area contributed by atoms with Gasteiger partial charge in [-0.1, -0.05) is 18.2 Å². The largest absolute Gasteiger partial charge is 0.492 e. The molecule has 0 aliphatic rings. The van der Waals surface area contributed by atoms with Crippen LogP contribution in [0.2, 0.25) is 0 Å². The smallest absolute Gasteiger partial charge is 0.355 e. The zero-order valence-electron chi connectivity index (χ0n) is 11.4. The fourth-order valence-corrected chi connectivity index (χ4v) is 1.59. The monoisotopic (exact) mass is 288 g/mol. The van der Waals surface area contributed by atoms with Crippen molar-refractivity contribution in [2.45, 2.75) is 0 Å². The van der Waals surface area contributed by atoms with Crippen LogP contribution in [0, 0.1) is 0 Å². The van der Waals surface area contributed by atoms with Crippen molar-refractivity contribution in [2.75, 3.05) is 19.8 Å². The molecule has 0 radical (unpaired) electrons. The lowest BCUT2D eigenvalue weighted by atomic mass is 10.3. The van der Waals surface area contributed by atoms with Crippen LogP contribution in [0.5, 0.6) is 5.75 Å². The maximum atomic E-state index is 11.5. The Morgan fingerprint density at radius 2 is 1.90 bits per heavy atom. The van der Waals surface area contributed by atoms with Crippen molar-refractivity contribution < 1.29 is 19.1 Å². The molecule has 0 aliphatic heterocycles. The summed E-state index contributed by atoms with van der Waals surface area (Å²) in [5.41, 5.74) is 0.315. The number of nitrogens with one attached hydrogen (secondary N) is 2. The number of hydrogen-bond donors (Lipinski definition) is 2. The van der Waals surface area contributed by atoms with Crippen LogP contribution in [0.15, 0.2) is 48.7 Å². The summed E-state index contributed by atoms with van der Waals surface area (Å²) in [6.45, 7) is 0.372. The van der Waals surface area contributed by atoms with Crippen molar-refractivity contribution in [1.29, 1.82) is 0 Å². The van der Waals surface area contributed by atoms with Crippen LogP contribution in [-0.2, 0) is 9.53 Å². The molecule has 1 aromatic carbocycles. The second-order valence-electron chi connectivity index (χ2n) is 4.17.